The molecule has 0 bridgehead atoms. The minimum Gasteiger partial charge on any atom is -0.395 e. The first-order valence-corrected chi connectivity index (χ1v) is 5.00. The van der Waals surface area contributed by atoms with Crippen molar-refractivity contribution < 1.29 is 4.79 Å². The zero-order valence-electron chi connectivity index (χ0n) is 9.66. The van der Waals surface area contributed by atoms with Gasteiger partial charge in [-0.15, -0.1) is 0 Å². The van der Waals surface area contributed by atoms with Gasteiger partial charge in [0.1, 0.15) is 5.69 Å². The lowest BCUT2D eigenvalue weighted by molar-refractivity contribution is 0.0940. The van der Waals surface area contributed by atoms with Crippen LogP contribution in [0.1, 0.15) is 30.0 Å². The average molecular weight is 210 g/mol. The molecule has 0 fully saturated rings. The molecule has 1 aromatic rings. The van der Waals surface area contributed by atoms with Crippen LogP contribution in [-0.2, 0) is 7.05 Å². The third-order valence-electron chi connectivity index (χ3n) is 2.15. The van der Waals surface area contributed by atoms with E-state index < -0.39 is 0 Å². The van der Waals surface area contributed by atoms with Gasteiger partial charge < -0.3 is 11.1 Å². The second kappa shape index (κ2) is 4.33. The Morgan fingerprint density at radius 2 is 2.20 bits per heavy atom. The Labute approximate surface area is 89.6 Å². The van der Waals surface area contributed by atoms with Gasteiger partial charge in [-0.25, -0.2) is 0 Å². The van der Waals surface area contributed by atoms with E-state index in [4.69, 9.17) is 5.73 Å². The average Bonchev–Trinajstić information content (AvgIpc) is 2.37. The van der Waals surface area contributed by atoms with Gasteiger partial charge in [0.05, 0.1) is 11.4 Å². The number of carbonyl (C=O) groups is 1. The lowest BCUT2D eigenvalue weighted by Gasteiger charge is -2.08. The van der Waals surface area contributed by atoms with Crippen LogP contribution in [0.4, 0.5) is 5.69 Å². The number of nitrogens with two attached hydrogens (primary N) is 1. The molecule has 1 amide bonds. The molecule has 0 radical (unpaired) electrons. The maximum absolute atomic E-state index is 11.8. The Morgan fingerprint density at radius 3 is 2.60 bits per heavy atom. The third kappa shape index (κ3) is 2.49. The number of aryl methyl sites for hydroxylation is 2. The number of hydrogen-bond acceptors (Lipinski definition) is 3. The Hall–Kier alpha value is -1.52. The van der Waals surface area contributed by atoms with Crippen molar-refractivity contribution in [1.29, 1.82) is 0 Å². The molecule has 0 unspecified atom stereocenters. The molecule has 0 spiro atoms. The van der Waals surface area contributed by atoms with E-state index in [2.05, 4.69) is 10.4 Å². The molecule has 0 aliphatic carbocycles. The zero-order chi connectivity index (χ0) is 11.6. The molecular formula is C10H18N4O. The quantitative estimate of drug-likeness (QED) is 0.771. The van der Waals surface area contributed by atoms with E-state index in [1.165, 1.54) is 4.68 Å². The summed E-state index contributed by atoms with van der Waals surface area (Å²) in [7, 11) is 1.72. The van der Waals surface area contributed by atoms with Crippen LogP contribution >= 0.6 is 0 Å². The molecule has 5 nitrogen and oxygen atoms in total. The predicted octanol–water partition coefficient (Wildman–Crippen LogP) is 0.697. The number of nitrogens with zero attached hydrogens (tertiary/aromatic N) is 2. The molecule has 1 rings (SSSR count). The molecule has 0 saturated heterocycles. The van der Waals surface area contributed by atoms with Gasteiger partial charge in [0.15, 0.2) is 0 Å². The topological polar surface area (TPSA) is 72.9 Å². The van der Waals surface area contributed by atoms with Gasteiger partial charge in [-0.3, -0.25) is 9.48 Å². The Morgan fingerprint density at radius 1 is 1.60 bits per heavy atom. The molecule has 0 saturated carbocycles. The SMILES string of the molecule is Cc1nn(C)c(C(=O)NCC(C)C)c1N. The zero-order valence-corrected chi connectivity index (χ0v) is 9.66. The van der Waals surface area contributed by atoms with E-state index in [0.29, 0.717) is 29.5 Å². The van der Waals surface area contributed by atoms with Gasteiger partial charge in [0.2, 0.25) is 0 Å². The van der Waals surface area contributed by atoms with Crippen LogP contribution in [0.5, 0.6) is 0 Å². The fraction of sp³-hybridized carbons (Fsp3) is 0.600. The van der Waals surface area contributed by atoms with Crippen molar-refractivity contribution in [3.05, 3.63) is 11.4 Å². The molecule has 0 aliphatic heterocycles. The number of nitrogen functional groups attached to an aromatic ring is 1. The summed E-state index contributed by atoms with van der Waals surface area (Å²) < 4.78 is 1.51. The largest absolute Gasteiger partial charge is 0.395 e. The number of aromatic nitrogens is 2. The molecule has 84 valence electrons. The van der Waals surface area contributed by atoms with E-state index in [-0.39, 0.29) is 5.91 Å². The van der Waals surface area contributed by atoms with Gasteiger partial charge in [-0.1, -0.05) is 13.8 Å². The predicted molar refractivity (Wildman–Crippen MR) is 59.5 cm³/mol. The highest BCUT2D eigenvalue weighted by Gasteiger charge is 2.17. The fourth-order valence-electron chi connectivity index (χ4n) is 1.32. The molecular weight excluding hydrogens is 192 g/mol. The first kappa shape index (κ1) is 11.6. The first-order valence-electron chi connectivity index (χ1n) is 5.00. The van der Waals surface area contributed by atoms with Gasteiger partial charge in [-0.2, -0.15) is 5.10 Å². The fourth-order valence-corrected chi connectivity index (χ4v) is 1.32. The summed E-state index contributed by atoms with van der Waals surface area (Å²) in [5.74, 6) is 0.258. The van der Waals surface area contributed by atoms with E-state index >= 15 is 0 Å². The van der Waals surface area contributed by atoms with E-state index in [0.717, 1.165) is 0 Å². The van der Waals surface area contributed by atoms with E-state index in [9.17, 15) is 4.79 Å². The van der Waals surface area contributed by atoms with Crippen LogP contribution in [0.3, 0.4) is 0 Å². The highest BCUT2D eigenvalue weighted by molar-refractivity contribution is 5.97. The van der Waals surface area contributed by atoms with Gasteiger partial charge >= 0.3 is 0 Å². The summed E-state index contributed by atoms with van der Waals surface area (Å²) in [5, 5.41) is 6.90. The molecule has 5 heteroatoms. The molecule has 0 atom stereocenters. The molecule has 0 aliphatic rings. The summed E-state index contributed by atoms with van der Waals surface area (Å²) in [6.07, 6.45) is 0. The lowest BCUT2D eigenvalue weighted by atomic mass is 10.2. The monoisotopic (exact) mass is 210 g/mol. The normalized spacial score (nSPS) is 10.7. The van der Waals surface area contributed by atoms with Crippen LogP contribution in [-0.4, -0.2) is 22.2 Å². The number of rotatable bonds is 3. The van der Waals surface area contributed by atoms with Crippen LogP contribution in [0.25, 0.3) is 0 Å². The van der Waals surface area contributed by atoms with Crippen molar-refractivity contribution in [2.45, 2.75) is 20.8 Å². The van der Waals surface area contributed by atoms with Crippen molar-refractivity contribution in [3.8, 4) is 0 Å². The minimum absolute atomic E-state index is 0.163. The Kier molecular flexibility index (Phi) is 3.34. The van der Waals surface area contributed by atoms with Gasteiger partial charge in [-0.05, 0) is 12.8 Å². The molecule has 3 N–H and O–H groups in total. The van der Waals surface area contributed by atoms with E-state index in [1.54, 1.807) is 14.0 Å². The highest BCUT2D eigenvalue weighted by atomic mass is 16.2. The maximum Gasteiger partial charge on any atom is 0.271 e. The second-order valence-corrected chi connectivity index (χ2v) is 4.08. The number of hydrogen-bond donors (Lipinski definition) is 2. The molecule has 1 aromatic heterocycles. The van der Waals surface area contributed by atoms with Crippen LogP contribution in [0.15, 0.2) is 0 Å². The number of amides is 1. The third-order valence-corrected chi connectivity index (χ3v) is 2.15. The van der Waals surface area contributed by atoms with Crippen LogP contribution in [0, 0.1) is 12.8 Å². The van der Waals surface area contributed by atoms with Crippen molar-refractivity contribution >= 4 is 11.6 Å². The summed E-state index contributed by atoms with van der Waals surface area (Å²) >= 11 is 0. The lowest BCUT2D eigenvalue weighted by Crippen LogP contribution is -2.29. The van der Waals surface area contributed by atoms with Crippen molar-refractivity contribution in [2.75, 3.05) is 12.3 Å². The molecule has 0 aromatic carbocycles. The van der Waals surface area contributed by atoms with Crippen molar-refractivity contribution in [3.63, 3.8) is 0 Å². The first-order chi connectivity index (χ1) is 6.93. The van der Waals surface area contributed by atoms with Gasteiger partial charge in [0, 0.05) is 13.6 Å². The number of nitrogens with one attached hydrogen (secondary N) is 1. The number of anilines is 1. The smallest absolute Gasteiger partial charge is 0.271 e. The highest BCUT2D eigenvalue weighted by Crippen LogP contribution is 2.14. The summed E-state index contributed by atoms with van der Waals surface area (Å²) in [4.78, 5) is 11.8. The van der Waals surface area contributed by atoms with Crippen LogP contribution < -0.4 is 11.1 Å². The maximum atomic E-state index is 11.8. The van der Waals surface area contributed by atoms with Crippen molar-refractivity contribution in [2.24, 2.45) is 13.0 Å². The van der Waals surface area contributed by atoms with Gasteiger partial charge in [0.25, 0.3) is 5.91 Å². The number of carbonyl (C=O) groups excluding carboxylic acids is 1. The Bertz CT molecular complexity index is 368. The minimum atomic E-state index is -0.163. The Balaban J connectivity index is 2.82. The molecule has 1 heterocycles. The second-order valence-electron chi connectivity index (χ2n) is 4.08. The van der Waals surface area contributed by atoms with Crippen LogP contribution in [0.2, 0.25) is 0 Å². The van der Waals surface area contributed by atoms with E-state index in [1.807, 2.05) is 13.8 Å². The van der Waals surface area contributed by atoms with Crippen molar-refractivity contribution in [1.82, 2.24) is 15.1 Å². The summed E-state index contributed by atoms with van der Waals surface area (Å²) in [5.41, 5.74) is 7.35. The summed E-state index contributed by atoms with van der Waals surface area (Å²) in [6.45, 7) is 6.51. The molecule has 15 heavy (non-hydrogen) atoms. The standard InChI is InChI=1S/C10H18N4O/c1-6(2)5-12-10(15)9-8(11)7(3)13-14(9)4/h6H,5,11H2,1-4H3,(H,12,15). The summed E-state index contributed by atoms with van der Waals surface area (Å²) in [6, 6.07) is 0.